The maximum absolute atomic E-state index is 13.9. The van der Waals surface area contributed by atoms with Gasteiger partial charge in [0, 0.05) is 16.5 Å². The highest BCUT2D eigenvalue weighted by Gasteiger charge is 2.23. The highest BCUT2D eigenvalue weighted by atomic mass is 16.1. The maximum Gasteiger partial charge on any atom is 0.263 e. The van der Waals surface area contributed by atoms with Gasteiger partial charge in [-0.3, -0.25) is 9.36 Å². The van der Waals surface area contributed by atoms with Crippen LogP contribution < -0.4 is 5.56 Å². The maximum atomic E-state index is 13.9. The molecule has 0 aliphatic carbocycles. The average Bonchev–Trinajstić information content (AvgIpc) is 2.95. The van der Waals surface area contributed by atoms with E-state index in [9.17, 15) is 4.79 Å². The number of hydrogen-bond donors (Lipinski definition) is 0. The van der Waals surface area contributed by atoms with Crippen LogP contribution in [0.25, 0.3) is 60.0 Å². The summed E-state index contributed by atoms with van der Waals surface area (Å²) in [6, 6.07) is 42.0. The lowest BCUT2D eigenvalue weighted by atomic mass is 9.78. The molecule has 39 heavy (non-hydrogen) atoms. The molecule has 0 N–H and O–H groups in total. The minimum atomic E-state index is -0.0140. The second-order valence-corrected chi connectivity index (χ2v) is 11.3. The van der Waals surface area contributed by atoms with Gasteiger partial charge in [-0.1, -0.05) is 112 Å². The van der Waals surface area contributed by atoms with E-state index in [0.29, 0.717) is 0 Å². The van der Waals surface area contributed by atoms with Gasteiger partial charge in [-0.25, -0.2) is 0 Å². The van der Waals surface area contributed by atoms with Crippen molar-refractivity contribution >= 4 is 43.2 Å². The molecule has 2 heteroatoms. The number of para-hydroxylation sites is 2. The van der Waals surface area contributed by atoms with E-state index in [0.717, 1.165) is 32.9 Å². The third-order valence-corrected chi connectivity index (χ3v) is 7.87. The topological polar surface area (TPSA) is 22.0 Å². The molecule has 7 aromatic rings. The zero-order valence-electron chi connectivity index (χ0n) is 22.4. The van der Waals surface area contributed by atoms with E-state index in [1.54, 1.807) is 0 Å². The van der Waals surface area contributed by atoms with Crippen LogP contribution >= 0.6 is 0 Å². The van der Waals surface area contributed by atoms with Gasteiger partial charge in [0.25, 0.3) is 5.56 Å². The highest BCUT2D eigenvalue weighted by Crippen LogP contribution is 2.44. The van der Waals surface area contributed by atoms with Crippen LogP contribution in [0.5, 0.6) is 0 Å². The van der Waals surface area contributed by atoms with Gasteiger partial charge in [0.2, 0.25) is 0 Å². The Labute approximate surface area is 227 Å². The van der Waals surface area contributed by atoms with Crippen molar-refractivity contribution in [1.82, 2.24) is 4.57 Å². The van der Waals surface area contributed by atoms with Crippen molar-refractivity contribution in [2.24, 2.45) is 0 Å². The Morgan fingerprint density at radius 2 is 1.05 bits per heavy atom. The molecule has 0 atom stereocenters. The number of rotatable bonds is 2. The van der Waals surface area contributed by atoms with Crippen LogP contribution in [0.15, 0.2) is 126 Å². The van der Waals surface area contributed by atoms with Crippen molar-refractivity contribution in [1.29, 1.82) is 0 Å². The normalized spacial score (nSPS) is 12.1. The van der Waals surface area contributed by atoms with E-state index in [-0.39, 0.29) is 11.0 Å². The molecule has 0 amide bonds. The van der Waals surface area contributed by atoms with E-state index in [1.807, 2.05) is 53.1 Å². The molecule has 0 aliphatic heterocycles. The molecule has 6 aromatic carbocycles. The van der Waals surface area contributed by atoms with Crippen molar-refractivity contribution in [3.05, 3.63) is 137 Å². The van der Waals surface area contributed by atoms with E-state index in [1.165, 1.54) is 32.7 Å². The lowest BCUT2D eigenvalue weighted by Crippen LogP contribution is -2.19. The Kier molecular flexibility index (Phi) is 5.21. The molecule has 2 nitrogen and oxygen atoms in total. The quantitative estimate of drug-likeness (QED) is 0.170. The minimum absolute atomic E-state index is 0.000698. The molecule has 0 fully saturated rings. The molecule has 0 saturated heterocycles. The lowest BCUT2D eigenvalue weighted by Gasteiger charge is -2.26. The molecule has 0 bridgehead atoms. The molecule has 188 valence electrons. The summed E-state index contributed by atoms with van der Waals surface area (Å²) in [6.07, 6.45) is 0. The predicted octanol–water partition coefficient (Wildman–Crippen LogP) is 9.41. The number of benzene rings is 6. The summed E-state index contributed by atoms with van der Waals surface area (Å²) in [6.45, 7) is 6.88. The van der Waals surface area contributed by atoms with Crippen LogP contribution in [0.4, 0.5) is 0 Å². The van der Waals surface area contributed by atoms with Gasteiger partial charge in [-0.2, -0.15) is 0 Å². The van der Waals surface area contributed by atoms with E-state index < -0.39 is 0 Å². The van der Waals surface area contributed by atoms with E-state index >= 15 is 0 Å². The fourth-order valence-corrected chi connectivity index (χ4v) is 6.32. The number of pyridine rings is 1. The summed E-state index contributed by atoms with van der Waals surface area (Å²) in [5.41, 5.74) is 5.48. The first-order chi connectivity index (χ1) is 18.9. The van der Waals surface area contributed by atoms with E-state index in [4.69, 9.17) is 0 Å². The zero-order valence-corrected chi connectivity index (χ0v) is 22.4. The molecule has 0 spiro atoms. The third-order valence-electron chi connectivity index (χ3n) is 7.87. The third kappa shape index (κ3) is 3.59. The van der Waals surface area contributed by atoms with Gasteiger partial charge in [0.1, 0.15) is 0 Å². The van der Waals surface area contributed by atoms with Crippen LogP contribution in [-0.2, 0) is 5.41 Å². The first-order valence-electron chi connectivity index (χ1n) is 13.5. The minimum Gasteiger partial charge on any atom is -0.276 e. The van der Waals surface area contributed by atoms with Crippen molar-refractivity contribution in [2.45, 2.75) is 26.2 Å². The van der Waals surface area contributed by atoms with Crippen LogP contribution in [0.2, 0.25) is 0 Å². The fraction of sp³-hybridized carbons (Fsp3) is 0.108. The Morgan fingerprint density at radius 3 is 1.67 bits per heavy atom. The van der Waals surface area contributed by atoms with Gasteiger partial charge in [-0.05, 0) is 79.4 Å². The second kappa shape index (κ2) is 8.68. The van der Waals surface area contributed by atoms with Crippen molar-refractivity contribution in [2.75, 3.05) is 0 Å². The molecule has 7 rings (SSSR count). The van der Waals surface area contributed by atoms with Crippen LogP contribution in [0.1, 0.15) is 26.3 Å². The highest BCUT2D eigenvalue weighted by molar-refractivity contribution is 6.17. The smallest absolute Gasteiger partial charge is 0.263 e. The predicted molar refractivity (Wildman–Crippen MR) is 166 cm³/mol. The molecule has 0 radical (unpaired) electrons. The Balaban J connectivity index is 1.61. The largest absolute Gasteiger partial charge is 0.276 e. The molecular weight excluding hydrogens is 474 g/mol. The SMILES string of the molecule is CC(C)(C)c1c2ccccc2c(-c2ccc3c(=O)n(-c4ccccc4)c4ccccc4c3c2)c2ccccc12. The molecule has 0 saturated carbocycles. The van der Waals surface area contributed by atoms with Gasteiger partial charge in [0.15, 0.2) is 0 Å². The van der Waals surface area contributed by atoms with Gasteiger partial charge in [0.05, 0.1) is 5.52 Å². The van der Waals surface area contributed by atoms with Crippen LogP contribution in [-0.4, -0.2) is 4.57 Å². The molecule has 1 heterocycles. The number of fused-ring (bicyclic) bond motifs is 5. The van der Waals surface area contributed by atoms with Gasteiger partial charge >= 0.3 is 0 Å². The first-order valence-corrected chi connectivity index (χ1v) is 13.5. The van der Waals surface area contributed by atoms with Crippen molar-refractivity contribution in [3.8, 4) is 16.8 Å². The number of nitrogens with zero attached hydrogens (tertiary/aromatic N) is 1. The molecule has 0 unspecified atom stereocenters. The average molecular weight is 504 g/mol. The van der Waals surface area contributed by atoms with Gasteiger partial charge < -0.3 is 0 Å². The summed E-state index contributed by atoms with van der Waals surface area (Å²) in [5, 5.41) is 7.81. The Morgan fingerprint density at radius 1 is 0.513 bits per heavy atom. The van der Waals surface area contributed by atoms with Crippen LogP contribution in [0, 0.1) is 0 Å². The van der Waals surface area contributed by atoms with Crippen LogP contribution in [0.3, 0.4) is 0 Å². The molecule has 1 aromatic heterocycles. The zero-order chi connectivity index (χ0) is 26.7. The monoisotopic (exact) mass is 503 g/mol. The number of aromatic nitrogens is 1. The first kappa shape index (κ1) is 23.4. The summed E-state index contributed by atoms with van der Waals surface area (Å²) in [4.78, 5) is 13.9. The summed E-state index contributed by atoms with van der Waals surface area (Å²) in [7, 11) is 0. The molecule has 0 aliphatic rings. The molecular formula is C37H29NO. The second-order valence-electron chi connectivity index (χ2n) is 11.3. The summed E-state index contributed by atoms with van der Waals surface area (Å²) in [5.74, 6) is 0. The summed E-state index contributed by atoms with van der Waals surface area (Å²) < 4.78 is 1.83. The fourth-order valence-electron chi connectivity index (χ4n) is 6.32. The number of hydrogen-bond acceptors (Lipinski definition) is 1. The van der Waals surface area contributed by atoms with E-state index in [2.05, 4.69) is 93.6 Å². The van der Waals surface area contributed by atoms with Gasteiger partial charge in [-0.15, -0.1) is 0 Å². The summed E-state index contributed by atoms with van der Waals surface area (Å²) >= 11 is 0. The standard InChI is InChI=1S/C37H29NO/c1-37(2,3)35-29-18-9-7-16-27(29)34(28-17-8-10-19-30(28)35)24-21-22-31-32(23-24)26-15-11-12-20-33(26)38(36(31)39)25-13-5-4-6-14-25/h4-23H,1-3H3. The Bertz CT molecular complexity index is 2050. The Hall–Kier alpha value is -4.69. The lowest BCUT2D eigenvalue weighted by molar-refractivity contribution is 0.601. The van der Waals surface area contributed by atoms with Crippen molar-refractivity contribution in [3.63, 3.8) is 0 Å². The van der Waals surface area contributed by atoms with Crippen molar-refractivity contribution < 1.29 is 0 Å².